The first kappa shape index (κ1) is 13.8. The Morgan fingerprint density at radius 2 is 2.21 bits per heavy atom. The Labute approximate surface area is 113 Å². The molecule has 3 N–H and O–H groups in total. The Balaban J connectivity index is 2.19. The van der Waals surface area contributed by atoms with Crippen LogP contribution in [0.2, 0.25) is 0 Å². The van der Waals surface area contributed by atoms with Crippen molar-refractivity contribution in [1.82, 2.24) is 9.80 Å². The third-order valence-electron chi connectivity index (χ3n) is 3.74. The molecule has 1 aliphatic rings. The number of piperazine rings is 1. The van der Waals surface area contributed by atoms with Crippen LogP contribution in [0, 0.1) is 0 Å². The molecule has 1 unspecified atom stereocenters. The average molecular weight is 263 g/mol. The van der Waals surface area contributed by atoms with Gasteiger partial charge in [0, 0.05) is 37.9 Å². The lowest BCUT2D eigenvalue weighted by Gasteiger charge is -2.38. The highest BCUT2D eigenvalue weighted by molar-refractivity contribution is 5.95. The summed E-state index contributed by atoms with van der Waals surface area (Å²) in [5.74, 6) is -0.949. The van der Waals surface area contributed by atoms with Crippen molar-refractivity contribution >= 4 is 11.7 Å². The second-order valence-electron chi connectivity index (χ2n) is 5.27. The van der Waals surface area contributed by atoms with E-state index in [0.29, 0.717) is 18.3 Å². The summed E-state index contributed by atoms with van der Waals surface area (Å²) in [4.78, 5) is 15.9. The molecule has 5 nitrogen and oxygen atoms in total. The number of anilines is 1. The standard InChI is InChI=1S/C14H21N3O2/c1-10-8-16(2)6-7-17(10)9-11-4-3-5-12(15)13(11)14(18)19/h3-5,10H,6-9,15H2,1-2H3,(H,18,19). The first-order valence-corrected chi connectivity index (χ1v) is 6.52. The van der Waals surface area contributed by atoms with Crippen molar-refractivity contribution in [3.8, 4) is 0 Å². The molecule has 0 aliphatic carbocycles. The summed E-state index contributed by atoms with van der Waals surface area (Å²) in [6.45, 7) is 5.77. The molecule has 1 aromatic carbocycles. The Kier molecular flexibility index (Phi) is 4.07. The number of carboxylic acid groups (broad SMARTS) is 1. The maximum absolute atomic E-state index is 11.3. The fourth-order valence-corrected chi connectivity index (χ4v) is 2.64. The second-order valence-corrected chi connectivity index (χ2v) is 5.27. The highest BCUT2D eigenvalue weighted by atomic mass is 16.4. The molecule has 1 aromatic rings. The van der Waals surface area contributed by atoms with E-state index < -0.39 is 5.97 Å². The van der Waals surface area contributed by atoms with Crippen molar-refractivity contribution in [3.63, 3.8) is 0 Å². The van der Waals surface area contributed by atoms with Crippen LogP contribution in [0.1, 0.15) is 22.8 Å². The molecule has 5 heteroatoms. The summed E-state index contributed by atoms with van der Waals surface area (Å²) in [5.41, 5.74) is 7.16. The van der Waals surface area contributed by atoms with Gasteiger partial charge in [0.05, 0.1) is 5.56 Å². The molecule has 0 bridgehead atoms. The summed E-state index contributed by atoms with van der Waals surface area (Å²) in [7, 11) is 2.11. The maximum atomic E-state index is 11.3. The number of nitrogen functional groups attached to an aromatic ring is 1. The molecule has 1 atom stereocenters. The van der Waals surface area contributed by atoms with Crippen LogP contribution in [-0.4, -0.2) is 53.6 Å². The van der Waals surface area contributed by atoms with Gasteiger partial charge in [0.15, 0.2) is 0 Å². The van der Waals surface area contributed by atoms with Crippen molar-refractivity contribution in [2.75, 3.05) is 32.4 Å². The van der Waals surface area contributed by atoms with Crippen LogP contribution >= 0.6 is 0 Å². The second kappa shape index (κ2) is 5.59. The zero-order chi connectivity index (χ0) is 14.0. The predicted octanol–water partition coefficient (Wildman–Crippen LogP) is 1.10. The molecular formula is C14H21N3O2. The van der Waals surface area contributed by atoms with Crippen molar-refractivity contribution in [2.45, 2.75) is 19.5 Å². The third-order valence-corrected chi connectivity index (χ3v) is 3.74. The molecule has 0 saturated carbocycles. The van der Waals surface area contributed by atoms with Gasteiger partial charge in [-0.2, -0.15) is 0 Å². The quantitative estimate of drug-likeness (QED) is 0.799. The van der Waals surface area contributed by atoms with Crippen molar-refractivity contribution in [1.29, 1.82) is 0 Å². The lowest BCUT2D eigenvalue weighted by Crippen LogP contribution is -2.49. The van der Waals surface area contributed by atoms with E-state index in [1.165, 1.54) is 0 Å². The lowest BCUT2D eigenvalue weighted by atomic mass is 10.0. The van der Waals surface area contributed by atoms with E-state index in [1.807, 2.05) is 12.1 Å². The molecule has 1 saturated heterocycles. The topological polar surface area (TPSA) is 69.8 Å². The smallest absolute Gasteiger partial charge is 0.338 e. The predicted molar refractivity (Wildman–Crippen MR) is 75.2 cm³/mol. The molecular weight excluding hydrogens is 242 g/mol. The molecule has 1 aliphatic heterocycles. The van der Waals surface area contributed by atoms with Crippen LogP contribution in [0.5, 0.6) is 0 Å². The third kappa shape index (κ3) is 3.05. The fourth-order valence-electron chi connectivity index (χ4n) is 2.64. The molecule has 0 amide bonds. The Hall–Kier alpha value is -1.59. The summed E-state index contributed by atoms with van der Waals surface area (Å²) in [6.07, 6.45) is 0. The van der Waals surface area contributed by atoms with Gasteiger partial charge in [0.1, 0.15) is 0 Å². The molecule has 0 spiro atoms. The van der Waals surface area contributed by atoms with Gasteiger partial charge in [0.2, 0.25) is 0 Å². The Morgan fingerprint density at radius 1 is 1.47 bits per heavy atom. The van der Waals surface area contributed by atoms with Crippen LogP contribution in [0.15, 0.2) is 18.2 Å². The van der Waals surface area contributed by atoms with Crippen molar-refractivity contribution in [3.05, 3.63) is 29.3 Å². The monoisotopic (exact) mass is 263 g/mol. The molecule has 2 rings (SSSR count). The van der Waals surface area contributed by atoms with Gasteiger partial charge in [-0.1, -0.05) is 12.1 Å². The van der Waals surface area contributed by atoms with Crippen LogP contribution in [-0.2, 0) is 6.54 Å². The molecule has 1 heterocycles. The van der Waals surface area contributed by atoms with E-state index in [2.05, 4.69) is 23.8 Å². The first-order chi connectivity index (χ1) is 8.99. The highest BCUT2D eigenvalue weighted by Gasteiger charge is 2.23. The van der Waals surface area contributed by atoms with Crippen molar-refractivity contribution < 1.29 is 9.90 Å². The highest BCUT2D eigenvalue weighted by Crippen LogP contribution is 2.21. The maximum Gasteiger partial charge on any atom is 0.338 e. The molecule has 1 fully saturated rings. The average Bonchev–Trinajstić information content (AvgIpc) is 2.32. The van der Waals surface area contributed by atoms with Crippen molar-refractivity contribution in [2.24, 2.45) is 0 Å². The van der Waals surface area contributed by atoms with E-state index >= 15 is 0 Å². The van der Waals surface area contributed by atoms with Gasteiger partial charge in [0.25, 0.3) is 0 Å². The number of nitrogens with two attached hydrogens (primary N) is 1. The van der Waals surface area contributed by atoms with Crippen LogP contribution < -0.4 is 5.73 Å². The number of carbonyl (C=O) groups is 1. The van der Waals surface area contributed by atoms with Gasteiger partial charge in [-0.15, -0.1) is 0 Å². The van der Waals surface area contributed by atoms with Gasteiger partial charge in [-0.05, 0) is 25.6 Å². The number of hydrogen-bond donors (Lipinski definition) is 2. The van der Waals surface area contributed by atoms with Crippen LogP contribution in [0.4, 0.5) is 5.69 Å². The minimum Gasteiger partial charge on any atom is -0.478 e. The number of carboxylic acids is 1. The zero-order valence-corrected chi connectivity index (χ0v) is 11.5. The van der Waals surface area contributed by atoms with E-state index in [1.54, 1.807) is 6.07 Å². The molecule has 0 radical (unpaired) electrons. The van der Waals surface area contributed by atoms with Gasteiger partial charge in [-0.3, -0.25) is 4.90 Å². The summed E-state index contributed by atoms with van der Waals surface area (Å²) in [6, 6.07) is 5.73. The summed E-state index contributed by atoms with van der Waals surface area (Å²) in [5, 5.41) is 9.28. The van der Waals surface area contributed by atoms with Gasteiger partial charge >= 0.3 is 5.97 Å². The fraction of sp³-hybridized carbons (Fsp3) is 0.500. The first-order valence-electron chi connectivity index (χ1n) is 6.52. The SMILES string of the molecule is CC1CN(C)CCN1Cc1cccc(N)c1C(=O)O. The minimum atomic E-state index is -0.949. The summed E-state index contributed by atoms with van der Waals surface area (Å²) < 4.78 is 0. The van der Waals surface area contributed by atoms with Crippen LogP contribution in [0.3, 0.4) is 0 Å². The number of likely N-dealkylation sites (N-methyl/N-ethyl adjacent to an activating group) is 1. The van der Waals surface area contributed by atoms with E-state index in [-0.39, 0.29) is 5.56 Å². The molecule has 19 heavy (non-hydrogen) atoms. The number of aromatic carboxylic acids is 1. The molecule has 0 aromatic heterocycles. The van der Waals surface area contributed by atoms with E-state index in [9.17, 15) is 9.90 Å². The Morgan fingerprint density at radius 3 is 2.84 bits per heavy atom. The number of benzene rings is 1. The van der Waals surface area contributed by atoms with E-state index in [4.69, 9.17) is 5.73 Å². The number of nitrogens with zero attached hydrogens (tertiary/aromatic N) is 2. The van der Waals surface area contributed by atoms with Gasteiger partial charge in [-0.25, -0.2) is 4.79 Å². The number of hydrogen-bond acceptors (Lipinski definition) is 4. The lowest BCUT2D eigenvalue weighted by molar-refractivity contribution is 0.0689. The summed E-state index contributed by atoms with van der Waals surface area (Å²) >= 11 is 0. The largest absolute Gasteiger partial charge is 0.478 e. The molecule has 104 valence electrons. The number of rotatable bonds is 3. The Bertz CT molecular complexity index is 476. The van der Waals surface area contributed by atoms with Crippen LogP contribution in [0.25, 0.3) is 0 Å². The normalized spacial score (nSPS) is 21.5. The van der Waals surface area contributed by atoms with E-state index in [0.717, 1.165) is 25.2 Å². The minimum absolute atomic E-state index is 0.244. The van der Waals surface area contributed by atoms with Gasteiger partial charge < -0.3 is 15.7 Å². The zero-order valence-electron chi connectivity index (χ0n) is 11.5.